The first-order valence-electron chi connectivity index (χ1n) is 5.89. The maximum absolute atomic E-state index is 4.43. The van der Waals surface area contributed by atoms with Crippen molar-refractivity contribution in [2.24, 2.45) is 7.05 Å². The molecule has 0 atom stereocenters. The molecule has 3 nitrogen and oxygen atoms in total. The van der Waals surface area contributed by atoms with Gasteiger partial charge in [-0.2, -0.15) is 5.10 Å². The lowest BCUT2D eigenvalue weighted by Crippen LogP contribution is -2.12. The van der Waals surface area contributed by atoms with Crippen LogP contribution in [0.25, 0.3) is 0 Å². The van der Waals surface area contributed by atoms with Gasteiger partial charge < -0.3 is 0 Å². The molecule has 0 aliphatic rings. The van der Waals surface area contributed by atoms with Crippen molar-refractivity contribution in [3.05, 3.63) is 47.5 Å². The predicted molar refractivity (Wildman–Crippen MR) is 69.0 cm³/mol. The molecule has 3 heteroatoms. The van der Waals surface area contributed by atoms with Crippen LogP contribution in [0, 0.1) is 0 Å². The molecule has 0 amide bonds. The molecule has 17 heavy (non-hydrogen) atoms. The Morgan fingerprint density at radius 1 is 1.18 bits per heavy atom. The van der Waals surface area contributed by atoms with Crippen molar-refractivity contribution in [2.75, 3.05) is 0 Å². The maximum Gasteiger partial charge on any atom is 0.0492 e. The molecule has 2 heterocycles. The smallest absolute Gasteiger partial charge is 0.0492 e. The molecule has 0 aliphatic heterocycles. The molecule has 0 saturated heterocycles. The van der Waals surface area contributed by atoms with Crippen LogP contribution in [0.4, 0.5) is 0 Å². The maximum atomic E-state index is 4.43. The third kappa shape index (κ3) is 2.73. The lowest BCUT2D eigenvalue weighted by atomic mass is 9.87. The summed E-state index contributed by atoms with van der Waals surface area (Å²) in [7, 11) is 1.96. The Labute approximate surface area is 103 Å². The van der Waals surface area contributed by atoms with E-state index >= 15 is 0 Å². The summed E-state index contributed by atoms with van der Waals surface area (Å²) in [5.74, 6) is 0. The van der Waals surface area contributed by atoms with E-state index in [4.69, 9.17) is 0 Å². The first-order chi connectivity index (χ1) is 7.97. The molecule has 0 unspecified atom stereocenters. The van der Waals surface area contributed by atoms with Gasteiger partial charge in [0.1, 0.15) is 0 Å². The van der Waals surface area contributed by atoms with Crippen LogP contribution in [0.2, 0.25) is 0 Å². The van der Waals surface area contributed by atoms with Crippen LogP contribution in [-0.4, -0.2) is 14.8 Å². The van der Waals surface area contributed by atoms with Gasteiger partial charge in [-0.05, 0) is 29.2 Å². The summed E-state index contributed by atoms with van der Waals surface area (Å²) in [6.07, 6.45) is 4.55. The van der Waals surface area contributed by atoms with E-state index < -0.39 is 0 Å². The summed E-state index contributed by atoms with van der Waals surface area (Å²) in [4.78, 5) is 4.43. The molecule has 0 fully saturated rings. The fraction of sp³-hybridized carbons (Fsp3) is 0.429. The highest BCUT2D eigenvalue weighted by Crippen LogP contribution is 2.22. The minimum atomic E-state index is 0.171. The molecule has 0 spiro atoms. The average molecular weight is 229 g/mol. The second kappa shape index (κ2) is 4.32. The van der Waals surface area contributed by atoms with Gasteiger partial charge in [-0.25, -0.2) is 0 Å². The third-order valence-electron chi connectivity index (χ3n) is 2.97. The lowest BCUT2D eigenvalue weighted by molar-refractivity contribution is 0.587. The van der Waals surface area contributed by atoms with E-state index in [0.29, 0.717) is 0 Å². The second-order valence-electron chi connectivity index (χ2n) is 5.41. The van der Waals surface area contributed by atoms with Crippen LogP contribution >= 0.6 is 0 Å². The van der Waals surface area contributed by atoms with Gasteiger partial charge in [0.15, 0.2) is 0 Å². The zero-order chi connectivity index (χ0) is 12.5. The Bertz CT molecular complexity index is 506. The number of nitrogens with zero attached hydrogens (tertiary/aromatic N) is 3. The Balaban J connectivity index is 2.26. The molecule has 2 aromatic heterocycles. The summed E-state index contributed by atoms with van der Waals surface area (Å²) < 4.78 is 1.89. The number of pyridine rings is 1. The van der Waals surface area contributed by atoms with Gasteiger partial charge in [0.2, 0.25) is 0 Å². The summed E-state index contributed by atoms with van der Waals surface area (Å²) in [5.41, 5.74) is 3.78. The second-order valence-corrected chi connectivity index (χ2v) is 5.41. The van der Waals surface area contributed by atoms with Gasteiger partial charge in [-0.15, -0.1) is 0 Å². The molecule has 0 N–H and O–H groups in total. The van der Waals surface area contributed by atoms with E-state index in [0.717, 1.165) is 12.1 Å². The molecule has 0 saturated carbocycles. The molecule has 0 aliphatic carbocycles. The molecule has 0 bridgehead atoms. The van der Waals surface area contributed by atoms with E-state index in [2.05, 4.69) is 43.0 Å². The largest absolute Gasteiger partial charge is 0.272 e. The highest BCUT2D eigenvalue weighted by atomic mass is 15.2. The Morgan fingerprint density at radius 3 is 2.53 bits per heavy atom. The van der Waals surface area contributed by atoms with Crippen molar-refractivity contribution in [1.82, 2.24) is 14.8 Å². The van der Waals surface area contributed by atoms with Gasteiger partial charge in [0, 0.05) is 37.3 Å². The van der Waals surface area contributed by atoms with Crippen LogP contribution in [0.5, 0.6) is 0 Å². The summed E-state index contributed by atoms with van der Waals surface area (Å²) >= 11 is 0. The normalized spacial score (nSPS) is 11.8. The molecule has 2 aromatic rings. The monoisotopic (exact) mass is 229 g/mol. The van der Waals surface area contributed by atoms with Gasteiger partial charge >= 0.3 is 0 Å². The first-order valence-corrected chi connectivity index (χ1v) is 5.89. The minimum absolute atomic E-state index is 0.171. The number of rotatable bonds is 2. The van der Waals surface area contributed by atoms with Gasteiger partial charge in [-0.3, -0.25) is 9.67 Å². The Hall–Kier alpha value is -1.64. The molecule has 2 rings (SSSR count). The van der Waals surface area contributed by atoms with Crippen LogP contribution in [0.1, 0.15) is 37.7 Å². The third-order valence-corrected chi connectivity index (χ3v) is 2.97. The number of hydrogen-bond acceptors (Lipinski definition) is 2. The minimum Gasteiger partial charge on any atom is -0.272 e. The van der Waals surface area contributed by atoms with Crippen molar-refractivity contribution in [3.8, 4) is 0 Å². The predicted octanol–water partition coefficient (Wildman–Crippen LogP) is 2.70. The highest BCUT2D eigenvalue weighted by Gasteiger charge is 2.14. The molecule has 90 valence electrons. The van der Waals surface area contributed by atoms with E-state index in [-0.39, 0.29) is 5.41 Å². The Kier molecular flexibility index (Phi) is 3.01. The van der Waals surface area contributed by atoms with E-state index in [1.54, 1.807) is 0 Å². The summed E-state index contributed by atoms with van der Waals surface area (Å²) in [6, 6.07) is 6.31. The number of aromatic nitrogens is 3. The number of hydrogen-bond donors (Lipinski definition) is 0. The Morgan fingerprint density at radius 2 is 1.94 bits per heavy atom. The van der Waals surface area contributed by atoms with Crippen LogP contribution in [0.3, 0.4) is 0 Å². The van der Waals surface area contributed by atoms with Gasteiger partial charge in [-0.1, -0.05) is 20.8 Å². The number of aryl methyl sites for hydroxylation is 1. The highest BCUT2D eigenvalue weighted by molar-refractivity contribution is 5.25. The van der Waals surface area contributed by atoms with Crippen molar-refractivity contribution in [2.45, 2.75) is 32.6 Å². The average Bonchev–Trinajstić information content (AvgIpc) is 2.64. The SMILES string of the molecule is Cn1nccc1Cc1cc(C(C)(C)C)ccn1. The summed E-state index contributed by atoms with van der Waals surface area (Å²) in [6.45, 7) is 6.66. The van der Waals surface area contributed by atoms with Crippen LogP contribution in [-0.2, 0) is 18.9 Å². The van der Waals surface area contributed by atoms with E-state index in [9.17, 15) is 0 Å². The molecule has 0 aromatic carbocycles. The zero-order valence-corrected chi connectivity index (χ0v) is 10.9. The van der Waals surface area contributed by atoms with Gasteiger partial charge in [0.05, 0.1) is 0 Å². The van der Waals surface area contributed by atoms with Crippen molar-refractivity contribution < 1.29 is 0 Å². The lowest BCUT2D eigenvalue weighted by Gasteiger charge is -2.19. The molecule has 0 radical (unpaired) electrons. The summed E-state index contributed by atoms with van der Waals surface area (Å²) in [5, 5.41) is 4.17. The van der Waals surface area contributed by atoms with Crippen molar-refractivity contribution in [3.63, 3.8) is 0 Å². The fourth-order valence-corrected chi connectivity index (χ4v) is 1.80. The standard InChI is InChI=1S/C14H19N3/c1-14(2,3)11-5-7-15-12(9-11)10-13-6-8-16-17(13)4/h5-9H,10H2,1-4H3. The topological polar surface area (TPSA) is 30.7 Å². The molecular formula is C14H19N3. The van der Waals surface area contributed by atoms with Gasteiger partial charge in [0.25, 0.3) is 0 Å². The van der Waals surface area contributed by atoms with Crippen LogP contribution < -0.4 is 0 Å². The first kappa shape index (κ1) is 11.8. The van der Waals surface area contributed by atoms with Crippen molar-refractivity contribution in [1.29, 1.82) is 0 Å². The zero-order valence-electron chi connectivity index (χ0n) is 10.9. The van der Waals surface area contributed by atoms with Crippen LogP contribution in [0.15, 0.2) is 30.6 Å². The quantitative estimate of drug-likeness (QED) is 0.792. The van der Waals surface area contributed by atoms with E-state index in [1.807, 2.05) is 30.2 Å². The van der Waals surface area contributed by atoms with E-state index in [1.165, 1.54) is 11.3 Å². The molecular weight excluding hydrogens is 210 g/mol. The van der Waals surface area contributed by atoms with Crippen molar-refractivity contribution >= 4 is 0 Å². The fourth-order valence-electron chi connectivity index (χ4n) is 1.80.